The van der Waals surface area contributed by atoms with E-state index in [9.17, 15) is 8.42 Å². The highest BCUT2D eigenvalue weighted by molar-refractivity contribution is 7.92. The largest absolute Gasteiger partial charge is 0.382 e. The van der Waals surface area contributed by atoms with Gasteiger partial charge in [-0.05, 0) is 25.1 Å². The lowest BCUT2D eigenvalue weighted by atomic mass is 10.3. The number of aromatic nitrogens is 2. The van der Waals surface area contributed by atoms with Crippen molar-refractivity contribution in [1.29, 1.82) is 0 Å². The van der Waals surface area contributed by atoms with E-state index in [2.05, 4.69) is 14.7 Å². The van der Waals surface area contributed by atoms with Crippen molar-refractivity contribution >= 4 is 33.1 Å². The van der Waals surface area contributed by atoms with Gasteiger partial charge in [0.25, 0.3) is 10.0 Å². The average molecular weight is 299 g/mol. The maximum Gasteiger partial charge on any atom is 0.263 e. The molecule has 0 saturated heterocycles. The molecule has 2 aromatic rings. The SMILES string of the molecule is Cc1ncccc1NS(=O)(=O)c1cnc(N)c(Cl)c1. The molecule has 0 atom stereocenters. The predicted octanol–water partition coefficient (Wildman–Crippen LogP) is 1.82. The van der Waals surface area contributed by atoms with Gasteiger partial charge in [0.15, 0.2) is 0 Å². The van der Waals surface area contributed by atoms with E-state index in [0.29, 0.717) is 11.4 Å². The molecule has 0 unspecified atom stereocenters. The molecule has 2 rings (SSSR count). The van der Waals surface area contributed by atoms with Crippen LogP contribution in [0.4, 0.5) is 11.5 Å². The Morgan fingerprint density at radius 3 is 2.74 bits per heavy atom. The van der Waals surface area contributed by atoms with E-state index >= 15 is 0 Å². The van der Waals surface area contributed by atoms with Crippen LogP contribution >= 0.6 is 11.6 Å². The lowest BCUT2D eigenvalue weighted by Crippen LogP contribution is -2.14. The number of nitrogens with one attached hydrogen (secondary N) is 1. The summed E-state index contributed by atoms with van der Waals surface area (Å²) in [6, 6.07) is 4.50. The Balaban J connectivity index is 2.38. The van der Waals surface area contributed by atoms with Crippen LogP contribution in [0.5, 0.6) is 0 Å². The van der Waals surface area contributed by atoms with E-state index in [0.717, 1.165) is 6.20 Å². The van der Waals surface area contributed by atoms with Crippen molar-refractivity contribution in [1.82, 2.24) is 9.97 Å². The molecule has 100 valence electrons. The molecular formula is C11H11ClN4O2S. The lowest BCUT2D eigenvalue weighted by Gasteiger charge is -2.10. The molecular weight excluding hydrogens is 288 g/mol. The summed E-state index contributed by atoms with van der Waals surface area (Å²) in [6.45, 7) is 1.70. The van der Waals surface area contributed by atoms with Gasteiger partial charge in [-0.15, -0.1) is 0 Å². The van der Waals surface area contributed by atoms with Crippen LogP contribution in [-0.4, -0.2) is 18.4 Å². The van der Waals surface area contributed by atoms with Crippen molar-refractivity contribution < 1.29 is 8.42 Å². The number of halogens is 1. The third kappa shape index (κ3) is 2.94. The number of anilines is 2. The third-order valence-electron chi connectivity index (χ3n) is 2.41. The Morgan fingerprint density at radius 2 is 2.11 bits per heavy atom. The zero-order valence-electron chi connectivity index (χ0n) is 9.96. The molecule has 0 saturated carbocycles. The van der Waals surface area contributed by atoms with Gasteiger partial charge >= 0.3 is 0 Å². The first kappa shape index (κ1) is 13.6. The van der Waals surface area contributed by atoms with Crippen LogP contribution in [0.25, 0.3) is 0 Å². The number of sulfonamides is 1. The number of hydrogen-bond donors (Lipinski definition) is 2. The minimum atomic E-state index is -3.77. The zero-order chi connectivity index (χ0) is 14.0. The first-order valence-corrected chi connectivity index (χ1v) is 7.12. The number of pyridine rings is 2. The normalized spacial score (nSPS) is 11.3. The molecule has 0 spiro atoms. The molecule has 0 aromatic carbocycles. The van der Waals surface area contributed by atoms with E-state index in [-0.39, 0.29) is 15.7 Å². The van der Waals surface area contributed by atoms with Gasteiger partial charge in [-0.1, -0.05) is 11.6 Å². The van der Waals surface area contributed by atoms with Crippen molar-refractivity contribution in [2.24, 2.45) is 0 Å². The molecule has 0 aliphatic heterocycles. The summed E-state index contributed by atoms with van der Waals surface area (Å²) < 4.78 is 26.7. The molecule has 0 aliphatic carbocycles. The molecule has 0 bridgehead atoms. The van der Waals surface area contributed by atoms with Gasteiger partial charge in [0.05, 0.1) is 16.4 Å². The van der Waals surface area contributed by atoms with Crippen LogP contribution < -0.4 is 10.5 Å². The first-order chi connectivity index (χ1) is 8.90. The Hall–Kier alpha value is -1.86. The van der Waals surface area contributed by atoms with Crippen molar-refractivity contribution in [3.05, 3.63) is 41.3 Å². The molecule has 0 radical (unpaired) electrons. The second kappa shape index (κ2) is 5.02. The number of rotatable bonds is 3. The predicted molar refractivity (Wildman–Crippen MR) is 73.4 cm³/mol. The molecule has 19 heavy (non-hydrogen) atoms. The van der Waals surface area contributed by atoms with Crippen molar-refractivity contribution in [3.63, 3.8) is 0 Å². The van der Waals surface area contributed by atoms with E-state index in [4.69, 9.17) is 17.3 Å². The number of nitrogens with zero attached hydrogens (tertiary/aromatic N) is 2. The summed E-state index contributed by atoms with van der Waals surface area (Å²) in [4.78, 5) is 7.66. The minimum absolute atomic E-state index is 0.0602. The van der Waals surface area contributed by atoms with Crippen molar-refractivity contribution in [2.45, 2.75) is 11.8 Å². The molecule has 2 aromatic heterocycles. The molecule has 0 fully saturated rings. The second-order valence-electron chi connectivity index (χ2n) is 3.78. The number of hydrogen-bond acceptors (Lipinski definition) is 5. The fourth-order valence-electron chi connectivity index (χ4n) is 1.37. The highest BCUT2D eigenvalue weighted by atomic mass is 35.5. The van der Waals surface area contributed by atoms with E-state index in [1.807, 2.05) is 0 Å². The zero-order valence-corrected chi connectivity index (χ0v) is 11.5. The second-order valence-corrected chi connectivity index (χ2v) is 5.87. The Kier molecular flexibility index (Phi) is 3.59. The van der Waals surface area contributed by atoms with Crippen LogP contribution in [0.2, 0.25) is 5.02 Å². The molecule has 2 heterocycles. The topological polar surface area (TPSA) is 98.0 Å². The summed E-state index contributed by atoms with van der Waals surface area (Å²) in [6.07, 6.45) is 2.73. The van der Waals surface area contributed by atoms with Crippen LogP contribution in [-0.2, 0) is 10.0 Å². The number of nitrogens with two attached hydrogens (primary N) is 1. The monoisotopic (exact) mass is 298 g/mol. The van der Waals surface area contributed by atoms with Gasteiger partial charge in [0, 0.05) is 12.4 Å². The Bertz CT molecular complexity index is 718. The molecule has 0 aliphatic rings. The summed E-state index contributed by atoms with van der Waals surface area (Å²) >= 11 is 5.76. The van der Waals surface area contributed by atoms with Gasteiger partial charge in [0.2, 0.25) is 0 Å². The van der Waals surface area contributed by atoms with E-state index < -0.39 is 10.0 Å². The maximum atomic E-state index is 12.1. The molecule has 6 nitrogen and oxygen atoms in total. The van der Waals surface area contributed by atoms with E-state index in [1.54, 1.807) is 25.3 Å². The molecule has 0 amide bonds. The number of nitrogen functional groups attached to an aromatic ring is 1. The standard InChI is InChI=1S/C11H11ClN4O2S/c1-7-10(3-2-4-14-7)16-19(17,18)8-5-9(12)11(13)15-6-8/h2-6,16H,1H3,(H2,13,15). The fourth-order valence-corrected chi connectivity index (χ4v) is 2.69. The number of aryl methyl sites for hydroxylation is 1. The van der Waals surface area contributed by atoms with Gasteiger partial charge in [-0.2, -0.15) is 0 Å². The van der Waals surface area contributed by atoms with E-state index in [1.165, 1.54) is 6.07 Å². The fraction of sp³-hybridized carbons (Fsp3) is 0.0909. The van der Waals surface area contributed by atoms with Crippen LogP contribution in [0, 0.1) is 6.92 Å². The summed E-state index contributed by atoms with van der Waals surface area (Å²) in [7, 11) is -3.77. The van der Waals surface area contributed by atoms with Crippen LogP contribution in [0.15, 0.2) is 35.5 Å². The van der Waals surface area contributed by atoms with Gasteiger partial charge < -0.3 is 5.73 Å². The molecule has 8 heteroatoms. The van der Waals surface area contributed by atoms with Crippen LogP contribution in [0.1, 0.15) is 5.69 Å². The highest BCUT2D eigenvalue weighted by Gasteiger charge is 2.17. The third-order valence-corrected chi connectivity index (χ3v) is 4.04. The Morgan fingerprint density at radius 1 is 1.37 bits per heavy atom. The highest BCUT2D eigenvalue weighted by Crippen LogP contribution is 2.22. The quantitative estimate of drug-likeness (QED) is 0.900. The first-order valence-electron chi connectivity index (χ1n) is 5.25. The Labute approximate surface area is 115 Å². The van der Waals surface area contributed by atoms with Crippen molar-refractivity contribution in [3.8, 4) is 0 Å². The van der Waals surface area contributed by atoms with Gasteiger partial charge in [-0.3, -0.25) is 9.71 Å². The smallest absolute Gasteiger partial charge is 0.263 e. The van der Waals surface area contributed by atoms with Crippen molar-refractivity contribution in [2.75, 3.05) is 10.5 Å². The molecule has 3 N–H and O–H groups in total. The summed E-state index contributed by atoms with van der Waals surface area (Å²) in [5, 5.41) is 0.0887. The van der Waals surface area contributed by atoms with Crippen LogP contribution in [0.3, 0.4) is 0 Å². The van der Waals surface area contributed by atoms with Gasteiger partial charge in [-0.25, -0.2) is 13.4 Å². The lowest BCUT2D eigenvalue weighted by molar-refractivity contribution is 0.601. The average Bonchev–Trinajstić information content (AvgIpc) is 2.35. The summed E-state index contributed by atoms with van der Waals surface area (Å²) in [5.74, 6) is 0.0816. The maximum absolute atomic E-state index is 12.1. The van der Waals surface area contributed by atoms with Gasteiger partial charge in [0.1, 0.15) is 10.7 Å². The minimum Gasteiger partial charge on any atom is -0.382 e. The summed E-state index contributed by atoms with van der Waals surface area (Å²) in [5.41, 5.74) is 6.41.